The van der Waals surface area contributed by atoms with Crippen LogP contribution in [0.1, 0.15) is 46.0 Å². The normalized spacial score (nSPS) is 27.1. The Kier molecular flexibility index (Phi) is 4.39. The van der Waals surface area contributed by atoms with Crippen molar-refractivity contribution in [1.29, 1.82) is 0 Å². The van der Waals surface area contributed by atoms with Crippen LogP contribution in [0.4, 0.5) is 0 Å². The zero-order chi connectivity index (χ0) is 10.6. The molecule has 3 atom stereocenters. The molecule has 0 aliphatic heterocycles. The van der Waals surface area contributed by atoms with Crippen molar-refractivity contribution in [2.75, 3.05) is 0 Å². The number of nitrogens with one attached hydrogen (secondary N) is 1. The van der Waals surface area contributed by atoms with Gasteiger partial charge in [0.25, 0.3) is 0 Å². The minimum absolute atomic E-state index is 0.197. The Labute approximate surface area is 86.4 Å². The number of hydrogen-bond acceptors (Lipinski definition) is 2. The molecule has 0 bridgehead atoms. The van der Waals surface area contributed by atoms with Gasteiger partial charge in [-0.05, 0) is 19.3 Å². The average Bonchev–Trinajstić information content (AvgIpc) is 2.83. The van der Waals surface area contributed by atoms with E-state index in [1.165, 1.54) is 0 Å². The van der Waals surface area contributed by atoms with Crippen LogP contribution in [0.5, 0.6) is 0 Å². The molecular formula is C11H22N2O. The summed E-state index contributed by atoms with van der Waals surface area (Å²) in [5.41, 5.74) is 5.64. The lowest BCUT2D eigenvalue weighted by molar-refractivity contribution is -0.125. The van der Waals surface area contributed by atoms with Crippen LogP contribution >= 0.6 is 0 Å². The van der Waals surface area contributed by atoms with Crippen LogP contribution < -0.4 is 11.1 Å². The number of hydrogen-bond donors (Lipinski definition) is 2. The molecule has 82 valence electrons. The molecule has 1 aliphatic rings. The largest absolute Gasteiger partial charge is 0.352 e. The van der Waals surface area contributed by atoms with E-state index >= 15 is 0 Å². The van der Waals surface area contributed by atoms with E-state index in [-0.39, 0.29) is 23.9 Å². The van der Waals surface area contributed by atoms with Crippen LogP contribution in [0.3, 0.4) is 0 Å². The first kappa shape index (κ1) is 11.5. The van der Waals surface area contributed by atoms with E-state index in [9.17, 15) is 4.79 Å². The van der Waals surface area contributed by atoms with Crippen molar-refractivity contribution in [3.63, 3.8) is 0 Å². The highest BCUT2D eigenvalue weighted by molar-refractivity contribution is 5.79. The summed E-state index contributed by atoms with van der Waals surface area (Å²) >= 11 is 0. The van der Waals surface area contributed by atoms with Crippen LogP contribution in [0, 0.1) is 5.92 Å². The molecule has 1 aliphatic carbocycles. The minimum atomic E-state index is 0.197. The van der Waals surface area contributed by atoms with E-state index in [4.69, 9.17) is 5.73 Å². The maximum atomic E-state index is 11.7. The molecule has 0 radical (unpaired) electrons. The first-order chi connectivity index (χ1) is 6.69. The van der Waals surface area contributed by atoms with Crippen LogP contribution in [0.25, 0.3) is 0 Å². The summed E-state index contributed by atoms with van der Waals surface area (Å²) in [5.74, 6) is 0.404. The molecule has 14 heavy (non-hydrogen) atoms. The second kappa shape index (κ2) is 5.35. The molecule has 3 heteroatoms. The molecule has 3 unspecified atom stereocenters. The summed E-state index contributed by atoms with van der Waals surface area (Å²) in [5, 5.41) is 3.00. The van der Waals surface area contributed by atoms with Gasteiger partial charge >= 0.3 is 0 Å². The molecular weight excluding hydrogens is 176 g/mol. The van der Waals surface area contributed by atoms with Gasteiger partial charge in [0.05, 0.1) is 0 Å². The topological polar surface area (TPSA) is 55.1 Å². The Morgan fingerprint density at radius 2 is 2.21 bits per heavy atom. The van der Waals surface area contributed by atoms with E-state index in [1.807, 2.05) is 0 Å². The van der Waals surface area contributed by atoms with E-state index in [0.717, 1.165) is 32.1 Å². The van der Waals surface area contributed by atoms with Gasteiger partial charge in [-0.1, -0.05) is 26.7 Å². The molecule has 0 aromatic rings. The van der Waals surface area contributed by atoms with E-state index in [2.05, 4.69) is 19.2 Å². The molecule has 0 aromatic heterocycles. The quantitative estimate of drug-likeness (QED) is 0.678. The summed E-state index contributed by atoms with van der Waals surface area (Å²) < 4.78 is 0. The third-order valence-corrected chi connectivity index (χ3v) is 2.94. The summed E-state index contributed by atoms with van der Waals surface area (Å²) in [6, 6.07) is 0.473. The molecule has 0 aromatic carbocycles. The van der Waals surface area contributed by atoms with Gasteiger partial charge in [-0.25, -0.2) is 0 Å². The number of nitrogens with two attached hydrogens (primary N) is 1. The fourth-order valence-electron chi connectivity index (χ4n) is 1.65. The fraction of sp³-hybridized carbons (Fsp3) is 0.909. The average molecular weight is 198 g/mol. The SMILES string of the molecule is CCCCC(CC)C(=O)NC1CC1N. The maximum Gasteiger partial charge on any atom is 0.223 e. The van der Waals surface area contributed by atoms with Gasteiger partial charge in [0.15, 0.2) is 0 Å². The van der Waals surface area contributed by atoms with Crippen molar-refractivity contribution in [2.45, 2.75) is 58.0 Å². The lowest BCUT2D eigenvalue weighted by Crippen LogP contribution is -2.34. The van der Waals surface area contributed by atoms with Gasteiger partial charge in [0.2, 0.25) is 5.91 Å². The molecule has 1 fully saturated rings. The summed E-state index contributed by atoms with van der Waals surface area (Å²) in [7, 11) is 0. The second-order valence-corrected chi connectivity index (χ2v) is 4.26. The van der Waals surface area contributed by atoms with Crippen LogP contribution in [-0.4, -0.2) is 18.0 Å². The van der Waals surface area contributed by atoms with Gasteiger partial charge in [-0.15, -0.1) is 0 Å². The second-order valence-electron chi connectivity index (χ2n) is 4.26. The van der Waals surface area contributed by atoms with Crippen molar-refractivity contribution in [2.24, 2.45) is 11.7 Å². The van der Waals surface area contributed by atoms with E-state index in [0.29, 0.717) is 0 Å². The monoisotopic (exact) mass is 198 g/mol. The van der Waals surface area contributed by atoms with Gasteiger partial charge < -0.3 is 11.1 Å². The highest BCUT2D eigenvalue weighted by Crippen LogP contribution is 2.20. The Morgan fingerprint density at radius 1 is 1.57 bits per heavy atom. The first-order valence-electron chi connectivity index (χ1n) is 5.75. The molecule has 0 spiro atoms. The van der Waals surface area contributed by atoms with Crippen molar-refractivity contribution >= 4 is 5.91 Å². The van der Waals surface area contributed by atoms with Crippen molar-refractivity contribution < 1.29 is 4.79 Å². The van der Waals surface area contributed by atoms with Crippen molar-refractivity contribution in [3.8, 4) is 0 Å². The van der Waals surface area contributed by atoms with E-state index < -0.39 is 0 Å². The minimum Gasteiger partial charge on any atom is -0.352 e. The third kappa shape index (κ3) is 3.29. The molecule has 1 rings (SSSR count). The zero-order valence-corrected chi connectivity index (χ0v) is 9.25. The van der Waals surface area contributed by atoms with Gasteiger partial charge in [0.1, 0.15) is 0 Å². The summed E-state index contributed by atoms with van der Waals surface area (Å²) in [6.45, 7) is 4.23. The lowest BCUT2D eigenvalue weighted by Gasteiger charge is -2.14. The van der Waals surface area contributed by atoms with Crippen LogP contribution in [0.15, 0.2) is 0 Å². The van der Waals surface area contributed by atoms with Gasteiger partial charge in [-0.2, -0.15) is 0 Å². The number of unbranched alkanes of at least 4 members (excludes halogenated alkanes) is 1. The van der Waals surface area contributed by atoms with Gasteiger partial charge in [-0.3, -0.25) is 4.79 Å². The number of carbonyl (C=O) groups is 1. The molecule has 0 heterocycles. The smallest absolute Gasteiger partial charge is 0.223 e. The summed E-state index contributed by atoms with van der Waals surface area (Å²) in [4.78, 5) is 11.7. The highest BCUT2D eigenvalue weighted by Gasteiger charge is 2.35. The van der Waals surface area contributed by atoms with Gasteiger partial charge in [0, 0.05) is 18.0 Å². The number of amides is 1. The highest BCUT2D eigenvalue weighted by atomic mass is 16.2. The predicted molar refractivity (Wildman–Crippen MR) is 57.8 cm³/mol. The Morgan fingerprint density at radius 3 is 2.64 bits per heavy atom. The van der Waals surface area contributed by atoms with Crippen molar-refractivity contribution in [3.05, 3.63) is 0 Å². The number of carbonyl (C=O) groups excluding carboxylic acids is 1. The molecule has 3 nitrogen and oxygen atoms in total. The molecule has 0 saturated heterocycles. The Hall–Kier alpha value is -0.570. The molecule has 1 amide bonds. The Bertz CT molecular complexity index is 194. The van der Waals surface area contributed by atoms with Crippen LogP contribution in [0.2, 0.25) is 0 Å². The fourth-order valence-corrected chi connectivity index (χ4v) is 1.65. The van der Waals surface area contributed by atoms with Crippen LogP contribution in [-0.2, 0) is 4.79 Å². The van der Waals surface area contributed by atoms with E-state index in [1.54, 1.807) is 0 Å². The zero-order valence-electron chi connectivity index (χ0n) is 9.25. The summed E-state index contributed by atoms with van der Waals surface area (Å²) in [6.07, 6.45) is 5.21. The van der Waals surface area contributed by atoms with Crippen molar-refractivity contribution in [1.82, 2.24) is 5.32 Å². The third-order valence-electron chi connectivity index (χ3n) is 2.94. The standard InChI is InChI=1S/C11H22N2O/c1-3-5-6-8(4-2)11(14)13-10-7-9(10)12/h8-10H,3-7,12H2,1-2H3,(H,13,14). The first-order valence-corrected chi connectivity index (χ1v) is 5.75. The number of rotatable bonds is 6. The maximum absolute atomic E-state index is 11.7. The molecule has 1 saturated carbocycles. The lowest BCUT2D eigenvalue weighted by atomic mass is 9.98. The molecule has 3 N–H and O–H groups in total. The predicted octanol–water partition coefficient (Wildman–Crippen LogP) is 1.42. The Balaban J connectivity index is 2.24.